The fraction of sp³-hybridized carbons (Fsp3) is 0.458. The first-order valence-electron chi connectivity index (χ1n) is 12.3. The predicted octanol–water partition coefficient (Wildman–Crippen LogP) is 4.83. The SMILES string of the molecule is CCOc1cc(-c2nnc(NC(=O)C3CCCCN3S(=O)(=O)c3ccc(Cl)s3)o2)cc(OCC)c1OCC. The summed E-state index contributed by atoms with van der Waals surface area (Å²) in [6, 6.07) is 5.27. The van der Waals surface area contributed by atoms with Gasteiger partial charge < -0.3 is 18.6 Å². The average molecular weight is 585 g/mol. The number of hydrogen-bond donors (Lipinski definition) is 1. The van der Waals surface area contributed by atoms with Crippen LogP contribution in [0, 0.1) is 0 Å². The second kappa shape index (κ2) is 12.3. The minimum Gasteiger partial charge on any atom is -0.490 e. The fourth-order valence-electron chi connectivity index (χ4n) is 4.10. The molecule has 3 aromatic rings. The first kappa shape index (κ1) is 28.1. The minimum absolute atomic E-state index is 0.0907. The second-order valence-electron chi connectivity index (χ2n) is 8.19. The van der Waals surface area contributed by atoms with E-state index in [0.717, 1.165) is 11.3 Å². The van der Waals surface area contributed by atoms with Crippen molar-refractivity contribution in [3.05, 3.63) is 28.6 Å². The molecule has 0 radical (unpaired) electrons. The highest BCUT2D eigenvalue weighted by Gasteiger charge is 2.39. The summed E-state index contributed by atoms with van der Waals surface area (Å²) in [5, 5.41) is 10.6. The lowest BCUT2D eigenvalue weighted by Crippen LogP contribution is -2.49. The summed E-state index contributed by atoms with van der Waals surface area (Å²) in [5.74, 6) is 0.944. The Morgan fingerprint density at radius 1 is 1.11 bits per heavy atom. The lowest BCUT2D eigenvalue weighted by Gasteiger charge is -2.32. The number of piperidine rings is 1. The molecule has 11 nitrogen and oxygen atoms in total. The van der Waals surface area contributed by atoms with Crippen LogP contribution in [0.25, 0.3) is 11.5 Å². The van der Waals surface area contributed by atoms with Crippen LogP contribution in [-0.2, 0) is 14.8 Å². The van der Waals surface area contributed by atoms with Crippen LogP contribution in [0.2, 0.25) is 4.34 Å². The van der Waals surface area contributed by atoms with Gasteiger partial charge in [-0.3, -0.25) is 10.1 Å². The van der Waals surface area contributed by atoms with Crippen LogP contribution in [0.15, 0.2) is 32.9 Å². The summed E-state index contributed by atoms with van der Waals surface area (Å²) >= 11 is 6.90. The first-order valence-corrected chi connectivity index (χ1v) is 14.9. The Morgan fingerprint density at radius 3 is 2.39 bits per heavy atom. The Hall–Kier alpha value is -2.87. The van der Waals surface area contributed by atoms with Gasteiger partial charge in [-0.1, -0.05) is 23.1 Å². The zero-order chi connectivity index (χ0) is 27.3. The van der Waals surface area contributed by atoms with E-state index in [1.165, 1.54) is 16.4 Å². The number of thiophene rings is 1. The number of anilines is 1. The number of nitrogens with zero attached hydrogens (tertiary/aromatic N) is 3. The maximum atomic E-state index is 13.2. The predicted molar refractivity (Wildman–Crippen MR) is 143 cm³/mol. The van der Waals surface area contributed by atoms with E-state index in [1.54, 1.807) is 12.1 Å². The van der Waals surface area contributed by atoms with Crippen LogP contribution in [0.1, 0.15) is 40.0 Å². The van der Waals surface area contributed by atoms with Crippen molar-refractivity contribution >= 4 is 44.9 Å². The van der Waals surface area contributed by atoms with E-state index in [-0.39, 0.29) is 22.7 Å². The Morgan fingerprint density at radius 2 is 1.79 bits per heavy atom. The quantitative estimate of drug-likeness (QED) is 0.336. The fourth-order valence-corrected chi connectivity index (χ4v) is 7.37. The van der Waals surface area contributed by atoms with Gasteiger partial charge in [0.15, 0.2) is 11.5 Å². The van der Waals surface area contributed by atoms with Gasteiger partial charge in [0.1, 0.15) is 10.3 Å². The maximum absolute atomic E-state index is 13.2. The summed E-state index contributed by atoms with van der Waals surface area (Å²) in [6.07, 6.45) is 1.71. The molecule has 0 aliphatic carbocycles. The molecule has 1 aromatic carbocycles. The van der Waals surface area contributed by atoms with Crippen LogP contribution < -0.4 is 19.5 Å². The molecule has 0 saturated carbocycles. The number of ether oxygens (including phenoxy) is 3. The smallest absolute Gasteiger partial charge is 0.322 e. The molecule has 14 heteroatoms. The monoisotopic (exact) mass is 584 g/mol. The lowest BCUT2D eigenvalue weighted by atomic mass is 10.0. The minimum atomic E-state index is -3.89. The molecular weight excluding hydrogens is 556 g/mol. The van der Waals surface area contributed by atoms with Crippen LogP contribution in [0.3, 0.4) is 0 Å². The maximum Gasteiger partial charge on any atom is 0.322 e. The number of carbonyl (C=O) groups is 1. The highest BCUT2D eigenvalue weighted by molar-refractivity contribution is 7.91. The van der Waals surface area contributed by atoms with E-state index in [1.807, 2.05) is 20.8 Å². The number of nitrogens with one attached hydrogen (secondary N) is 1. The molecule has 1 unspecified atom stereocenters. The largest absolute Gasteiger partial charge is 0.490 e. The number of benzene rings is 1. The average Bonchev–Trinajstić information content (AvgIpc) is 3.55. The van der Waals surface area contributed by atoms with E-state index < -0.39 is 22.0 Å². The standard InChI is InChI=1S/C24H29ClN4O7S2/c1-4-33-17-13-15(14-18(34-5-2)21(17)35-6-3)23-27-28-24(36-23)26-22(30)16-9-7-8-12-29(16)38(31,32)20-11-10-19(25)37-20/h10-11,13-14,16H,4-9,12H2,1-3H3,(H,26,28,30). The highest BCUT2D eigenvalue weighted by atomic mass is 35.5. The molecule has 0 bridgehead atoms. The van der Waals surface area contributed by atoms with Crippen molar-refractivity contribution in [3.8, 4) is 28.7 Å². The Labute approximate surface area is 230 Å². The molecule has 1 saturated heterocycles. The van der Waals surface area contributed by atoms with Crippen molar-refractivity contribution in [2.24, 2.45) is 0 Å². The Bertz CT molecular complexity index is 1350. The van der Waals surface area contributed by atoms with Gasteiger partial charge in [-0.2, -0.15) is 4.31 Å². The van der Waals surface area contributed by atoms with Gasteiger partial charge in [0.2, 0.25) is 17.5 Å². The van der Waals surface area contributed by atoms with Crippen molar-refractivity contribution in [1.29, 1.82) is 0 Å². The molecule has 206 valence electrons. The van der Waals surface area contributed by atoms with Crippen molar-refractivity contribution in [3.63, 3.8) is 0 Å². The van der Waals surface area contributed by atoms with Gasteiger partial charge in [0, 0.05) is 12.1 Å². The molecule has 1 N–H and O–H groups in total. The molecule has 0 spiro atoms. The van der Waals surface area contributed by atoms with Crippen LogP contribution >= 0.6 is 22.9 Å². The molecule has 1 aliphatic rings. The number of amides is 1. The van der Waals surface area contributed by atoms with Gasteiger partial charge in [-0.05, 0) is 57.9 Å². The molecule has 1 atom stereocenters. The summed E-state index contributed by atoms with van der Waals surface area (Å²) < 4.78 is 51.0. The molecule has 38 heavy (non-hydrogen) atoms. The summed E-state index contributed by atoms with van der Waals surface area (Å²) in [5.41, 5.74) is 0.504. The third-order valence-corrected chi connectivity index (χ3v) is 9.29. The zero-order valence-electron chi connectivity index (χ0n) is 21.2. The highest BCUT2D eigenvalue weighted by Crippen LogP contribution is 2.42. The van der Waals surface area contributed by atoms with Crippen LogP contribution in [0.5, 0.6) is 17.2 Å². The zero-order valence-corrected chi connectivity index (χ0v) is 23.6. The van der Waals surface area contributed by atoms with Crippen molar-refractivity contribution in [2.75, 3.05) is 31.7 Å². The molecular formula is C24H29ClN4O7S2. The number of hydrogen-bond acceptors (Lipinski definition) is 10. The number of sulfonamides is 1. The van der Waals surface area contributed by atoms with Gasteiger partial charge in [0.25, 0.3) is 10.0 Å². The van der Waals surface area contributed by atoms with Gasteiger partial charge in [-0.15, -0.1) is 16.4 Å². The third kappa shape index (κ3) is 6.06. The number of rotatable bonds is 11. The van der Waals surface area contributed by atoms with Gasteiger partial charge >= 0.3 is 6.01 Å². The van der Waals surface area contributed by atoms with Crippen LogP contribution in [0.4, 0.5) is 6.01 Å². The molecule has 3 heterocycles. The topological polar surface area (TPSA) is 133 Å². The van der Waals surface area contributed by atoms with E-state index in [2.05, 4.69) is 15.5 Å². The molecule has 1 amide bonds. The molecule has 4 rings (SSSR count). The van der Waals surface area contributed by atoms with Gasteiger partial charge in [0.05, 0.1) is 24.2 Å². The lowest BCUT2D eigenvalue weighted by molar-refractivity contribution is -0.120. The van der Waals surface area contributed by atoms with Crippen molar-refractivity contribution in [1.82, 2.24) is 14.5 Å². The summed E-state index contributed by atoms with van der Waals surface area (Å²) in [4.78, 5) is 13.2. The van der Waals surface area contributed by atoms with Gasteiger partial charge in [-0.25, -0.2) is 8.42 Å². The van der Waals surface area contributed by atoms with Crippen molar-refractivity contribution < 1.29 is 31.8 Å². The molecule has 1 aliphatic heterocycles. The molecule has 1 fully saturated rings. The van der Waals surface area contributed by atoms with Crippen molar-refractivity contribution in [2.45, 2.75) is 50.3 Å². The van der Waals surface area contributed by atoms with Crippen LogP contribution in [-0.4, -0.2) is 61.2 Å². The molecule has 2 aromatic heterocycles. The normalized spacial score (nSPS) is 16.3. The third-order valence-electron chi connectivity index (χ3n) is 5.68. The number of halogens is 1. The second-order valence-corrected chi connectivity index (χ2v) is 12.0. The number of carbonyl (C=O) groups excluding carboxylic acids is 1. The van der Waals surface area contributed by atoms with E-state index in [4.69, 9.17) is 30.2 Å². The van der Waals surface area contributed by atoms with E-state index in [9.17, 15) is 13.2 Å². The number of aromatic nitrogens is 2. The van der Waals surface area contributed by atoms with E-state index in [0.29, 0.717) is 66.2 Å². The summed E-state index contributed by atoms with van der Waals surface area (Å²) in [7, 11) is -3.89. The Kier molecular flexibility index (Phi) is 9.13. The Balaban J connectivity index is 1.57. The summed E-state index contributed by atoms with van der Waals surface area (Å²) in [6.45, 7) is 7.01. The first-order chi connectivity index (χ1) is 18.3. The van der Waals surface area contributed by atoms with E-state index >= 15 is 0 Å².